The second kappa shape index (κ2) is 9.58. The minimum absolute atomic E-state index is 0.148. The normalized spacial score (nSPS) is 11.8. The Morgan fingerprint density at radius 3 is 2.75 bits per heavy atom. The quantitative estimate of drug-likeness (QED) is 0.423. The van der Waals surface area contributed by atoms with Crippen LogP contribution in [0.5, 0.6) is 0 Å². The maximum atomic E-state index is 12.0. The molecule has 0 saturated heterocycles. The highest BCUT2D eigenvalue weighted by atomic mass is 16.6. The van der Waals surface area contributed by atoms with Crippen LogP contribution in [0.2, 0.25) is 0 Å². The number of hydrogen-bond donors (Lipinski definition) is 2. The lowest BCUT2D eigenvalue weighted by Gasteiger charge is -2.23. The molecule has 0 aliphatic heterocycles. The van der Waals surface area contributed by atoms with Gasteiger partial charge in [0.25, 0.3) is 5.69 Å². The van der Waals surface area contributed by atoms with Gasteiger partial charge < -0.3 is 10.1 Å². The van der Waals surface area contributed by atoms with Crippen LogP contribution < -0.4 is 10.6 Å². The Kier molecular flexibility index (Phi) is 7.80. The third-order valence-electron chi connectivity index (χ3n) is 3.45. The number of nitro benzene ring substituents is 1. The van der Waals surface area contributed by atoms with E-state index in [4.69, 9.17) is 4.74 Å². The fourth-order valence-electron chi connectivity index (χ4n) is 1.93. The van der Waals surface area contributed by atoms with Gasteiger partial charge in [0.05, 0.1) is 11.0 Å². The van der Waals surface area contributed by atoms with Crippen LogP contribution in [0.15, 0.2) is 24.3 Å². The van der Waals surface area contributed by atoms with Crippen LogP contribution in [0.1, 0.15) is 13.3 Å². The molecule has 1 aromatic rings. The lowest BCUT2D eigenvalue weighted by atomic mass is 10.2. The first-order chi connectivity index (χ1) is 11.3. The Labute approximate surface area is 140 Å². The zero-order valence-electron chi connectivity index (χ0n) is 13.9. The van der Waals surface area contributed by atoms with Gasteiger partial charge in [-0.05, 0) is 26.5 Å². The monoisotopic (exact) mass is 338 g/mol. The molecule has 1 aromatic carbocycles. The Balaban J connectivity index is 2.53. The molecule has 1 rings (SSSR count). The Bertz CT molecular complexity index is 593. The van der Waals surface area contributed by atoms with Crippen molar-refractivity contribution in [3.63, 3.8) is 0 Å². The molecule has 3 amide bonds. The number of hydrogen-bond acceptors (Lipinski definition) is 6. The number of nitrogens with zero attached hydrogens (tertiary/aromatic N) is 2. The maximum Gasteiger partial charge on any atom is 0.325 e. The smallest absolute Gasteiger partial charge is 0.325 e. The molecule has 0 aliphatic rings. The number of imide groups is 1. The summed E-state index contributed by atoms with van der Waals surface area (Å²) in [6, 6.07) is 4.23. The lowest BCUT2D eigenvalue weighted by molar-refractivity contribution is -0.384. The minimum atomic E-state index is -0.738. The highest BCUT2D eigenvalue weighted by molar-refractivity contribution is 6.02. The third kappa shape index (κ3) is 6.31. The number of likely N-dealkylation sites (N-methyl/N-ethyl adjacent to an activating group) is 1. The molecule has 1 unspecified atom stereocenters. The topological polar surface area (TPSA) is 114 Å². The molecule has 1 atom stereocenters. The summed E-state index contributed by atoms with van der Waals surface area (Å²) in [5, 5.41) is 15.3. The molecule has 0 heterocycles. The number of amides is 3. The van der Waals surface area contributed by atoms with Gasteiger partial charge >= 0.3 is 6.03 Å². The molecule has 9 nitrogen and oxygen atoms in total. The predicted molar refractivity (Wildman–Crippen MR) is 88.8 cm³/mol. The predicted octanol–water partition coefficient (Wildman–Crippen LogP) is 1.60. The van der Waals surface area contributed by atoms with Crippen molar-refractivity contribution in [3.8, 4) is 0 Å². The van der Waals surface area contributed by atoms with Gasteiger partial charge in [0.15, 0.2) is 0 Å². The standard InChI is InChI=1S/C15H22N4O5/c1-11(18(2)8-5-9-24-3)14(20)17-15(21)16-12-6-4-7-13(10-12)19(22)23/h4,6-7,10-11H,5,8-9H2,1-3H3,(H2,16,17,20,21). The molecule has 0 spiro atoms. The summed E-state index contributed by atoms with van der Waals surface area (Å²) < 4.78 is 4.95. The molecule has 2 N–H and O–H groups in total. The molecule has 9 heteroatoms. The van der Waals surface area contributed by atoms with Gasteiger partial charge in [-0.2, -0.15) is 0 Å². The van der Waals surface area contributed by atoms with Crippen molar-refractivity contribution >= 4 is 23.3 Å². The zero-order valence-corrected chi connectivity index (χ0v) is 13.9. The summed E-state index contributed by atoms with van der Waals surface area (Å²) >= 11 is 0. The highest BCUT2D eigenvalue weighted by Gasteiger charge is 2.20. The van der Waals surface area contributed by atoms with Gasteiger partial charge in [-0.25, -0.2) is 4.79 Å². The highest BCUT2D eigenvalue weighted by Crippen LogP contribution is 2.16. The average molecular weight is 338 g/mol. The van der Waals surface area contributed by atoms with Crippen molar-refractivity contribution in [3.05, 3.63) is 34.4 Å². The SMILES string of the molecule is COCCCN(C)C(C)C(=O)NC(=O)Nc1cccc([N+](=O)[O-])c1. The van der Waals surface area contributed by atoms with Crippen LogP contribution in [0.4, 0.5) is 16.2 Å². The molecule has 0 aromatic heterocycles. The summed E-state index contributed by atoms with van der Waals surface area (Å²) in [5.41, 5.74) is 0.0842. The van der Waals surface area contributed by atoms with E-state index in [0.717, 1.165) is 6.42 Å². The molecule has 0 bridgehead atoms. The van der Waals surface area contributed by atoms with Gasteiger partial charge in [-0.15, -0.1) is 0 Å². The number of ether oxygens (including phenoxy) is 1. The summed E-state index contributed by atoms with van der Waals surface area (Å²) in [7, 11) is 3.38. The average Bonchev–Trinajstić information content (AvgIpc) is 2.54. The van der Waals surface area contributed by atoms with Gasteiger partial charge in [0, 0.05) is 38.1 Å². The molecule has 132 valence electrons. The van der Waals surface area contributed by atoms with E-state index in [-0.39, 0.29) is 11.4 Å². The molecule has 24 heavy (non-hydrogen) atoms. The number of non-ortho nitro benzene ring substituents is 1. The largest absolute Gasteiger partial charge is 0.385 e. The van der Waals surface area contributed by atoms with Gasteiger partial charge in [-0.3, -0.25) is 25.1 Å². The van der Waals surface area contributed by atoms with E-state index >= 15 is 0 Å². The molecule has 0 fully saturated rings. The molecular formula is C15H22N4O5. The summed E-state index contributed by atoms with van der Waals surface area (Å²) in [5.74, 6) is -0.460. The van der Waals surface area contributed by atoms with E-state index in [1.165, 1.54) is 24.3 Å². The number of urea groups is 1. The first-order valence-electron chi connectivity index (χ1n) is 7.40. The van der Waals surface area contributed by atoms with Crippen molar-refractivity contribution in [2.75, 3.05) is 32.6 Å². The van der Waals surface area contributed by atoms with Crippen molar-refractivity contribution in [1.29, 1.82) is 0 Å². The van der Waals surface area contributed by atoms with Crippen molar-refractivity contribution in [1.82, 2.24) is 10.2 Å². The molecule has 0 aliphatic carbocycles. The second-order valence-corrected chi connectivity index (χ2v) is 5.25. The maximum absolute atomic E-state index is 12.0. The van der Waals surface area contributed by atoms with Crippen molar-refractivity contribution < 1.29 is 19.2 Å². The lowest BCUT2D eigenvalue weighted by Crippen LogP contribution is -2.47. The van der Waals surface area contributed by atoms with Crippen LogP contribution in [0.3, 0.4) is 0 Å². The number of carbonyl (C=O) groups excluding carboxylic acids is 2. The van der Waals surface area contributed by atoms with E-state index in [1.54, 1.807) is 26.0 Å². The second-order valence-electron chi connectivity index (χ2n) is 5.25. The van der Waals surface area contributed by atoms with Gasteiger partial charge in [0.1, 0.15) is 0 Å². The first kappa shape index (κ1) is 19.5. The Morgan fingerprint density at radius 2 is 2.12 bits per heavy atom. The summed E-state index contributed by atoms with van der Waals surface area (Å²) in [4.78, 5) is 35.8. The van der Waals surface area contributed by atoms with E-state index < -0.39 is 22.9 Å². The molecule has 0 radical (unpaired) electrons. The van der Waals surface area contributed by atoms with Crippen LogP contribution in [0.25, 0.3) is 0 Å². The number of nitrogens with one attached hydrogen (secondary N) is 2. The number of anilines is 1. The van der Waals surface area contributed by atoms with E-state index in [2.05, 4.69) is 10.6 Å². The van der Waals surface area contributed by atoms with Gasteiger partial charge in [0.2, 0.25) is 5.91 Å². The van der Waals surface area contributed by atoms with E-state index in [1.807, 2.05) is 0 Å². The van der Waals surface area contributed by atoms with Crippen LogP contribution in [-0.2, 0) is 9.53 Å². The fourth-order valence-corrected chi connectivity index (χ4v) is 1.93. The number of benzene rings is 1. The molecular weight excluding hydrogens is 316 g/mol. The third-order valence-corrected chi connectivity index (χ3v) is 3.45. The zero-order chi connectivity index (χ0) is 18.1. The Morgan fingerprint density at radius 1 is 1.42 bits per heavy atom. The number of nitro groups is 1. The first-order valence-corrected chi connectivity index (χ1v) is 7.40. The number of methoxy groups -OCH3 is 1. The summed E-state index contributed by atoms with van der Waals surface area (Å²) in [6.07, 6.45) is 0.768. The molecule has 0 saturated carbocycles. The van der Waals surface area contributed by atoms with E-state index in [0.29, 0.717) is 13.2 Å². The summed E-state index contributed by atoms with van der Waals surface area (Å²) in [6.45, 7) is 2.92. The van der Waals surface area contributed by atoms with E-state index in [9.17, 15) is 19.7 Å². The number of rotatable bonds is 8. The van der Waals surface area contributed by atoms with Crippen molar-refractivity contribution in [2.24, 2.45) is 0 Å². The minimum Gasteiger partial charge on any atom is -0.385 e. The van der Waals surface area contributed by atoms with Crippen LogP contribution in [-0.4, -0.2) is 55.1 Å². The fraction of sp³-hybridized carbons (Fsp3) is 0.467. The van der Waals surface area contributed by atoms with Crippen LogP contribution >= 0.6 is 0 Å². The Hall–Kier alpha value is -2.52. The van der Waals surface area contributed by atoms with Gasteiger partial charge in [-0.1, -0.05) is 6.07 Å². The van der Waals surface area contributed by atoms with Crippen molar-refractivity contribution in [2.45, 2.75) is 19.4 Å². The van der Waals surface area contributed by atoms with Crippen LogP contribution in [0, 0.1) is 10.1 Å². The number of carbonyl (C=O) groups is 2.